The first-order chi connectivity index (χ1) is 16.6. The summed E-state index contributed by atoms with van der Waals surface area (Å²) in [7, 11) is 0. The van der Waals surface area contributed by atoms with Crippen molar-refractivity contribution >= 4 is 11.0 Å². The average molecular weight is 466 g/mol. The van der Waals surface area contributed by atoms with Crippen LogP contribution in [-0.2, 0) is 19.5 Å². The van der Waals surface area contributed by atoms with Gasteiger partial charge in [-0.15, -0.1) is 0 Å². The minimum absolute atomic E-state index is 0.0295. The molecule has 34 heavy (non-hydrogen) atoms. The molecule has 0 saturated carbocycles. The van der Waals surface area contributed by atoms with E-state index in [9.17, 15) is 14.3 Å². The molecule has 0 amide bonds. The van der Waals surface area contributed by atoms with Gasteiger partial charge >= 0.3 is 0 Å². The summed E-state index contributed by atoms with van der Waals surface area (Å²) in [4.78, 5) is 23.2. The zero-order valence-corrected chi connectivity index (χ0v) is 18.9. The lowest BCUT2D eigenvalue weighted by molar-refractivity contribution is 0.0367. The Hall–Kier alpha value is -2.88. The van der Waals surface area contributed by atoms with E-state index in [1.54, 1.807) is 16.8 Å². The van der Waals surface area contributed by atoms with Gasteiger partial charge in [-0.25, -0.2) is 4.39 Å². The van der Waals surface area contributed by atoms with Gasteiger partial charge in [0.2, 0.25) is 0 Å². The largest absolute Gasteiger partial charge is 0.492 e. The van der Waals surface area contributed by atoms with Gasteiger partial charge < -0.3 is 19.7 Å². The van der Waals surface area contributed by atoms with E-state index in [1.807, 2.05) is 0 Å². The molecule has 0 spiro atoms. The number of pyridine rings is 3. The maximum atomic E-state index is 14.7. The summed E-state index contributed by atoms with van der Waals surface area (Å²) in [6.07, 6.45) is 5.32. The van der Waals surface area contributed by atoms with Crippen LogP contribution in [-0.4, -0.2) is 62.9 Å². The van der Waals surface area contributed by atoms with E-state index in [-0.39, 0.29) is 23.3 Å². The second kappa shape index (κ2) is 8.72. The highest BCUT2D eigenvalue weighted by Gasteiger charge is 2.34. The van der Waals surface area contributed by atoms with Crippen LogP contribution in [0.15, 0.2) is 35.4 Å². The van der Waals surface area contributed by atoms with Crippen molar-refractivity contribution < 1.29 is 14.2 Å². The van der Waals surface area contributed by atoms with E-state index in [1.165, 1.54) is 17.8 Å². The molecule has 0 bridgehead atoms. The van der Waals surface area contributed by atoms with Gasteiger partial charge in [-0.2, -0.15) is 0 Å². The molecule has 1 fully saturated rings. The summed E-state index contributed by atoms with van der Waals surface area (Å²) in [5, 5.41) is 14.3. The van der Waals surface area contributed by atoms with E-state index < -0.39 is 6.10 Å². The van der Waals surface area contributed by atoms with Crippen LogP contribution in [0.4, 0.5) is 4.39 Å². The number of nitrogens with zero attached hydrogens (tertiary/aromatic N) is 4. The summed E-state index contributed by atoms with van der Waals surface area (Å²) in [6.45, 7) is 3.66. The quantitative estimate of drug-likeness (QED) is 0.591. The minimum Gasteiger partial charge on any atom is -0.492 e. The van der Waals surface area contributed by atoms with Crippen LogP contribution in [0.3, 0.4) is 0 Å². The molecule has 0 aromatic carbocycles. The SMILES string of the molecule is O=c1ccc2ncc(F)c3c2n1CC3CN1CC[C@H](NCc2cc3c(cn2)OCCC3)[C@H](O)C1. The van der Waals surface area contributed by atoms with Crippen molar-refractivity contribution in [1.82, 2.24) is 24.8 Å². The standard InChI is InChI=1S/C25H28FN5O3/c26-18-10-29-20-3-4-23(33)31-13-16(24(18)25(20)31)12-30-6-5-19(21(32)14-30)28-9-17-8-15-2-1-7-34-22(15)11-27-17/h3-4,8,10-11,16,19,21,28,32H,1-2,5-7,9,12-14H2/t16?,19-,21+/m0/s1. The Morgan fingerprint density at radius 1 is 1.24 bits per heavy atom. The number of likely N-dealkylation sites (tertiary alicyclic amines) is 1. The molecule has 1 saturated heterocycles. The molecule has 3 aliphatic rings. The number of aliphatic hydroxyl groups excluding tert-OH is 1. The summed E-state index contributed by atoms with van der Waals surface area (Å²) < 4.78 is 22.0. The lowest BCUT2D eigenvalue weighted by Crippen LogP contribution is -2.53. The summed E-state index contributed by atoms with van der Waals surface area (Å²) in [5.74, 6) is 0.371. The number of aryl methyl sites for hydroxylation is 1. The smallest absolute Gasteiger partial charge is 0.251 e. The number of aliphatic hydroxyl groups is 1. The number of hydrogen-bond donors (Lipinski definition) is 2. The number of hydrogen-bond acceptors (Lipinski definition) is 7. The van der Waals surface area contributed by atoms with Gasteiger partial charge in [0.05, 0.1) is 41.8 Å². The van der Waals surface area contributed by atoms with Crippen LogP contribution in [0.2, 0.25) is 0 Å². The fourth-order valence-electron chi connectivity index (χ4n) is 5.64. The Labute approximate surface area is 196 Å². The third kappa shape index (κ3) is 3.87. The second-order valence-corrected chi connectivity index (χ2v) is 9.57. The third-order valence-corrected chi connectivity index (χ3v) is 7.35. The first-order valence-electron chi connectivity index (χ1n) is 12.0. The molecule has 0 aliphatic carbocycles. The van der Waals surface area contributed by atoms with Gasteiger partial charge in [0, 0.05) is 49.8 Å². The van der Waals surface area contributed by atoms with E-state index in [0.717, 1.165) is 43.9 Å². The lowest BCUT2D eigenvalue weighted by Gasteiger charge is -2.37. The van der Waals surface area contributed by atoms with E-state index in [0.29, 0.717) is 42.8 Å². The highest BCUT2D eigenvalue weighted by atomic mass is 19.1. The van der Waals surface area contributed by atoms with Crippen molar-refractivity contribution in [2.45, 2.75) is 50.4 Å². The third-order valence-electron chi connectivity index (χ3n) is 7.35. The predicted octanol–water partition coefficient (Wildman–Crippen LogP) is 1.58. The molecule has 6 heterocycles. The topological polar surface area (TPSA) is 92.5 Å². The second-order valence-electron chi connectivity index (χ2n) is 9.57. The number of nitrogens with one attached hydrogen (secondary N) is 1. The first kappa shape index (κ1) is 21.6. The number of rotatable bonds is 5. The highest BCUT2D eigenvalue weighted by molar-refractivity contribution is 5.80. The van der Waals surface area contributed by atoms with Crippen LogP contribution in [0.5, 0.6) is 5.75 Å². The molecule has 3 aromatic heterocycles. The fourth-order valence-corrected chi connectivity index (χ4v) is 5.64. The Balaban J connectivity index is 1.09. The maximum Gasteiger partial charge on any atom is 0.251 e. The van der Waals surface area contributed by atoms with Crippen molar-refractivity contribution in [3.63, 3.8) is 0 Å². The van der Waals surface area contributed by atoms with E-state index >= 15 is 0 Å². The fraction of sp³-hybridized carbons (Fsp3) is 0.480. The van der Waals surface area contributed by atoms with Crippen molar-refractivity contribution in [2.75, 3.05) is 26.2 Å². The molecule has 0 radical (unpaired) electrons. The van der Waals surface area contributed by atoms with E-state index in [4.69, 9.17) is 4.74 Å². The summed E-state index contributed by atoms with van der Waals surface area (Å²) >= 11 is 0. The van der Waals surface area contributed by atoms with Crippen LogP contribution in [0.1, 0.15) is 35.6 Å². The zero-order valence-electron chi connectivity index (χ0n) is 18.9. The summed E-state index contributed by atoms with van der Waals surface area (Å²) in [5.41, 5.74) is 3.84. The van der Waals surface area contributed by atoms with Gasteiger partial charge in [-0.3, -0.25) is 19.7 Å². The molecule has 1 unspecified atom stereocenters. The molecular formula is C25H28FN5O3. The normalized spacial score (nSPS) is 24.2. The number of fused-ring (bicyclic) bond motifs is 1. The zero-order chi connectivity index (χ0) is 23.2. The van der Waals surface area contributed by atoms with Gasteiger partial charge in [-0.1, -0.05) is 0 Å². The van der Waals surface area contributed by atoms with Crippen LogP contribution < -0.4 is 15.6 Å². The minimum atomic E-state index is -0.538. The van der Waals surface area contributed by atoms with Gasteiger partial charge in [-0.05, 0) is 43.5 Å². The molecule has 6 rings (SSSR count). The Morgan fingerprint density at radius 2 is 2.15 bits per heavy atom. The number of piperidine rings is 1. The number of aromatic nitrogens is 3. The van der Waals surface area contributed by atoms with Crippen molar-refractivity contribution in [1.29, 1.82) is 0 Å². The Bertz CT molecular complexity index is 1300. The average Bonchev–Trinajstić information content (AvgIpc) is 3.23. The van der Waals surface area contributed by atoms with Crippen molar-refractivity contribution in [2.24, 2.45) is 0 Å². The van der Waals surface area contributed by atoms with E-state index in [2.05, 4.69) is 26.3 Å². The van der Waals surface area contributed by atoms with Crippen LogP contribution in [0.25, 0.3) is 11.0 Å². The molecule has 2 N–H and O–H groups in total. The first-order valence-corrected chi connectivity index (χ1v) is 12.0. The van der Waals surface area contributed by atoms with Gasteiger partial charge in [0.15, 0.2) is 0 Å². The van der Waals surface area contributed by atoms with Gasteiger partial charge in [0.1, 0.15) is 11.6 Å². The predicted molar refractivity (Wildman–Crippen MR) is 124 cm³/mol. The number of halogens is 1. The molecule has 178 valence electrons. The molecule has 8 nitrogen and oxygen atoms in total. The van der Waals surface area contributed by atoms with Crippen LogP contribution >= 0.6 is 0 Å². The van der Waals surface area contributed by atoms with Crippen LogP contribution in [0, 0.1) is 5.82 Å². The Morgan fingerprint density at radius 3 is 3.03 bits per heavy atom. The molecule has 3 atom stereocenters. The lowest BCUT2D eigenvalue weighted by atomic mass is 9.97. The Kier molecular flexibility index (Phi) is 5.55. The van der Waals surface area contributed by atoms with Gasteiger partial charge in [0.25, 0.3) is 5.56 Å². The number of ether oxygens (including phenoxy) is 1. The monoisotopic (exact) mass is 465 g/mol. The molecular weight excluding hydrogens is 437 g/mol. The number of β-amino-alcohol motifs (C(OH)–C–C–N with tert-alkyl or cyclic N) is 1. The summed E-state index contributed by atoms with van der Waals surface area (Å²) in [6, 6.07) is 5.21. The highest BCUT2D eigenvalue weighted by Crippen LogP contribution is 2.34. The molecule has 3 aromatic rings. The van der Waals surface area contributed by atoms with Crippen molar-refractivity contribution in [3.8, 4) is 5.75 Å². The maximum absolute atomic E-state index is 14.7. The van der Waals surface area contributed by atoms with Crippen molar-refractivity contribution in [3.05, 3.63) is 63.6 Å². The molecule has 3 aliphatic heterocycles. The molecule has 9 heteroatoms.